The minimum Gasteiger partial charge on any atom is -0.381 e. The highest BCUT2D eigenvalue weighted by Crippen LogP contribution is 2.22. The lowest BCUT2D eigenvalue weighted by atomic mass is 9.89. The maximum Gasteiger partial charge on any atom is 0.242 e. The fourth-order valence-electron chi connectivity index (χ4n) is 3.93. The van der Waals surface area contributed by atoms with Gasteiger partial charge in [0.2, 0.25) is 11.8 Å². The highest BCUT2D eigenvalue weighted by molar-refractivity contribution is 5.86. The molecule has 3 aliphatic heterocycles. The lowest BCUT2D eigenvalue weighted by Gasteiger charge is -2.42. The minimum absolute atomic E-state index is 0. The van der Waals surface area contributed by atoms with E-state index in [1.54, 1.807) is 0 Å². The first kappa shape index (κ1) is 23.4. The molecular formula is C17H32Cl2N4O3. The van der Waals surface area contributed by atoms with Crippen molar-refractivity contribution in [3.8, 4) is 0 Å². The van der Waals surface area contributed by atoms with E-state index >= 15 is 0 Å². The molecule has 3 saturated heterocycles. The third kappa shape index (κ3) is 5.01. The summed E-state index contributed by atoms with van der Waals surface area (Å²) in [6, 6.07) is -0.102. The third-order valence-corrected chi connectivity index (χ3v) is 5.74. The summed E-state index contributed by atoms with van der Waals surface area (Å²) in [5.41, 5.74) is 5.55. The SMILES string of the molecule is CC(C(=O)N1CCCC1)N1CCN(C(=O)C2(N)CCOCC2)CC1.Cl.Cl. The Labute approximate surface area is 168 Å². The van der Waals surface area contributed by atoms with Gasteiger partial charge in [0.25, 0.3) is 0 Å². The second-order valence-corrected chi connectivity index (χ2v) is 7.31. The number of nitrogens with zero attached hydrogens (tertiary/aromatic N) is 3. The van der Waals surface area contributed by atoms with Gasteiger partial charge < -0.3 is 20.3 Å². The van der Waals surface area contributed by atoms with Gasteiger partial charge in [0.1, 0.15) is 0 Å². The van der Waals surface area contributed by atoms with Crippen LogP contribution in [0.2, 0.25) is 0 Å². The van der Waals surface area contributed by atoms with E-state index in [9.17, 15) is 9.59 Å². The molecule has 0 spiro atoms. The summed E-state index contributed by atoms with van der Waals surface area (Å²) >= 11 is 0. The lowest BCUT2D eigenvalue weighted by Crippen LogP contribution is -2.62. The Bertz CT molecular complexity index is 475. The smallest absolute Gasteiger partial charge is 0.242 e. The number of likely N-dealkylation sites (tertiary alicyclic amines) is 1. The van der Waals surface area contributed by atoms with Crippen molar-refractivity contribution in [1.82, 2.24) is 14.7 Å². The molecule has 2 N–H and O–H groups in total. The van der Waals surface area contributed by atoms with Crippen molar-refractivity contribution in [3.63, 3.8) is 0 Å². The van der Waals surface area contributed by atoms with Crippen molar-refractivity contribution in [1.29, 1.82) is 0 Å². The fourth-order valence-corrected chi connectivity index (χ4v) is 3.93. The topological polar surface area (TPSA) is 79.1 Å². The van der Waals surface area contributed by atoms with E-state index in [1.165, 1.54) is 0 Å². The van der Waals surface area contributed by atoms with Crippen LogP contribution in [-0.4, -0.2) is 90.6 Å². The molecule has 9 heteroatoms. The fraction of sp³-hybridized carbons (Fsp3) is 0.882. The molecule has 1 atom stereocenters. The van der Waals surface area contributed by atoms with E-state index in [2.05, 4.69) is 4.90 Å². The van der Waals surface area contributed by atoms with Gasteiger partial charge >= 0.3 is 0 Å². The summed E-state index contributed by atoms with van der Waals surface area (Å²) in [6.07, 6.45) is 3.41. The Kier molecular flexibility index (Phi) is 9.09. The Hall–Kier alpha value is -0.600. The van der Waals surface area contributed by atoms with Gasteiger partial charge in [0, 0.05) is 52.5 Å². The van der Waals surface area contributed by atoms with Crippen LogP contribution in [0.1, 0.15) is 32.6 Å². The van der Waals surface area contributed by atoms with Crippen LogP contribution < -0.4 is 5.73 Å². The van der Waals surface area contributed by atoms with Crippen LogP contribution in [0.5, 0.6) is 0 Å². The molecule has 0 aromatic rings. The largest absolute Gasteiger partial charge is 0.381 e. The number of ether oxygens (including phenoxy) is 1. The quantitative estimate of drug-likeness (QED) is 0.732. The number of nitrogens with two attached hydrogens (primary N) is 1. The van der Waals surface area contributed by atoms with E-state index < -0.39 is 5.54 Å². The summed E-state index contributed by atoms with van der Waals surface area (Å²) in [5, 5.41) is 0. The Morgan fingerprint density at radius 3 is 2.00 bits per heavy atom. The van der Waals surface area contributed by atoms with Gasteiger partial charge in [-0.3, -0.25) is 14.5 Å². The highest BCUT2D eigenvalue weighted by atomic mass is 35.5. The van der Waals surface area contributed by atoms with Crippen LogP contribution in [0.3, 0.4) is 0 Å². The molecule has 152 valence electrons. The zero-order valence-electron chi connectivity index (χ0n) is 15.5. The predicted molar refractivity (Wildman–Crippen MR) is 105 cm³/mol. The first-order valence-corrected chi connectivity index (χ1v) is 9.20. The van der Waals surface area contributed by atoms with Gasteiger partial charge in [-0.1, -0.05) is 0 Å². The van der Waals surface area contributed by atoms with Crippen LogP contribution in [0.25, 0.3) is 0 Å². The molecule has 7 nitrogen and oxygen atoms in total. The summed E-state index contributed by atoms with van der Waals surface area (Å²) in [7, 11) is 0. The number of rotatable bonds is 3. The standard InChI is InChI=1S/C17H30N4O3.2ClH/c1-14(15(22)20-6-2-3-7-20)19-8-10-21(11-9-19)16(23)17(18)4-12-24-13-5-17;;/h14H,2-13,18H2,1H3;2*1H. The first-order chi connectivity index (χ1) is 11.5. The van der Waals surface area contributed by atoms with Crippen LogP contribution in [-0.2, 0) is 14.3 Å². The molecule has 3 fully saturated rings. The molecule has 0 aromatic heterocycles. The maximum absolute atomic E-state index is 12.7. The van der Waals surface area contributed by atoms with Crippen LogP contribution >= 0.6 is 24.8 Å². The van der Waals surface area contributed by atoms with E-state index in [1.807, 2.05) is 16.7 Å². The van der Waals surface area contributed by atoms with E-state index in [4.69, 9.17) is 10.5 Å². The predicted octanol–water partition coefficient (Wildman–Crippen LogP) is 0.493. The Balaban J connectivity index is 0.00000169. The number of hydrogen-bond donors (Lipinski definition) is 1. The molecule has 3 rings (SSSR count). The summed E-state index contributed by atoms with van der Waals surface area (Å²) in [4.78, 5) is 31.3. The van der Waals surface area contributed by atoms with Gasteiger partial charge in [-0.25, -0.2) is 0 Å². The van der Waals surface area contributed by atoms with Crippen molar-refractivity contribution in [2.75, 3.05) is 52.5 Å². The van der Waals surface area contributed by atoms with Gasteiger partial charge in [0.05, 0.1) is 11.6 Å². The number of piperazine rings is 1. The van der Waals surface area contributed by atoms with Gasteiger partial charge in [-0.05, 0) is 32.6 Å². The summed E-state index contributed by atoms with van der Waals surface area (Å²) < 4.78 is 5.32. The highest BCUT2D eigenvalue weighted by Gasteiger charge is 2.40. The molecule has 2 amide bonds. The number of amides is 2. The first-order valence-electron chi connectivity index (χ1n) is 9.20. The molecule has 0 aliphatic carbocycles. The lowest BCUT2D eigenvalue weighted by molar-refractivity contribution is -0.144. The molecule has 0 aromatic carbocycles. The molecule has 1 unspecified atom stereocenters. The third-order valence-electron chi connectivity index (χ3n) is 5.74. The summed E-state index contributed by atoms with van der Waals surface area (Å²) in [6.45, 7) is 7.65. The summed E-state index contributed by atoms with van der Waals surface area (Å²) in [5.74, 6) is 0.274. The number of carbonyl (C=O) groups excluding carboxylic acids is 2. The second-order valence-electron chi connectivity index (χ2n) is 7.31. The van der Waals surface area contributed by atoms with Crippen LogP contribution in [0, 0.1) is 0 Å². The van der Waals surface area contributed by atoms with E-state index in [0.717, 1.165) is 39.0 Å². The second kappa shape index (κ2) is 10.1. The molecule has 0 radical (unpaired) electrons. The number of carbonyl (C=O) groups is 2. The Morgan fingerprint density at radius 2 is 1.46 bits per heavy atom. The van der Waals surface area contributed by atoms with Crippen molar-refractivity contribution in [3.05, 3.63) is 0 Å². The van der Waals surface area contributed by atoms with E-state index in [0.29, 0.717) is 39.1 Å². The average molecular weight is 411 g/mol. The monoisotopic (exact) mass is 410 g/mol. The molecule has 3 heterocycles. The van der Waals surface area contributed by atoms with Gasteiger partial charge in [-0.15, -0.1) is 24.8 Å². The minimum atomic E-state index is -0.766. The van der Waals surface area contributed by atoms with Crippen LogP contribution in [0.4, 0.5) is 0 Å². The van der Waals surface area contributed by atoms with E-state index in [-0.39, 0.29) is 42.7 Å². The molecule has 3 aliphatic rings. The Morgan fingerprint density at radius 1 is 0.923 bits per heavy atom. The molecule has 26 heavy (non-hydrogen) atoms. The van der Waals surface area contributed by atoms with Gasteiger partial charge in [0.15, 0.2) is 0 Å². The van der Waals surface area contributed by atoms with Crippen molar-refractivity contribution in [2.24, 2.45) is 5.73 Å². The number of halogens is 2. The maximum atomic E-state index is 12.7. The number of hydrogen-bond acceptors (Lipinski definition) is 5. The molecule has 0 saturated carbocycles. The normalized spacial score (nSPS) is 24.4. The molecular weight excluding hydrogens is 379 g/mol. The van der Waals surface area contributed by atoms with Crippen molar-refractivity contribution in [2.45, 2.75) is 44.2 Å². The zero-order valence-corrected chi connectivity index (χ0v) is 17.2. The van der Waals surface area contributed by atoms with Crippen LogP contribution in [0.15, 0.2) is 0 Å². The van der Waals surface area contributed by atoms with Crippen molar-refractivity contribution < 1.29 is 14.3 Å². The molecule has 0 bridgehead atoms. The van der Waals surface area contributed by atoms with Crippen molar-refractivity contribution >= 4 is 36.6 Å². The zero-order chi connectivity index (χ0) is 17.2. The van der Waals surface area contributed by atoms with Gasteiger partial charge in [-0.2, -0.15) is 0 Å². The average Bonchev–Trinajstić information content (AvgIpc) is 3.15.